The van der Waals surface area contributed by atoms with Gasteiger partial charge in [-0.15, -0.1) is 0 Å². The van der Waals surface area contributed by atoms with Crippen molar-refractivity contribution in [2.45, 2.75) is 32.6 Å². The van der Waals surface area contributed by atoms with E-state index in [1.165, 1.54) is 0 Å². The summed E-state index contributed by atoms with van der Waals surface area (Å²) in [6, 6.07) is 7.76. The Morgan fingerprint density at radius 1 is 1.38 bits per heavy atom. The average molecular weight is 284 g/mol. The van der Waals surface area contributed by atoms with E-state index in [4.69, 9.17) is 5.73 Å². The number of rotatable bonds is 4. The number of unbranched alkanes of at least 4 members (excludes halogenated alkanes) is 1. The van der Waals surface area contributed by atoms with Gasteiger partial charge in [-0.3, -0.25) is 4.79 Å². The number of nitrogens with zero attached hydrogens (tertiary/aromatic N) is 2. The predicted molar refractivity (Wildman–Crippen MR) is 82.6 cm³/mol. The number of benzene rings is 1. The van der Waals surface area contributed by atoms with Crippen molar-refractivity contribution in [1.82, 2.24) is 15.1 Å². The normalized spacial score (nSPS) is 13.9. The lowest BCUT2D eigenvalue weighted by molar-refractivity contribution is 0.0946. The summed E-state index contributed by atoms with van der Waals surface area (Å²) >= 11 is 0. The lowest BCUT2D eigenvalue weighted by atomic mass is 10.00. The maximum absolute atomic E-state index is 11.9. The van der Waals surface area contributed by atoms with E-state index < -0.39 is 0 Å². The first-order valence-electron chi connectivity index (χ1n) is 7.45. The smallest absolute Gasteiger partial charge is 0.251 e. The lowest BCUT2D eigenvalue weighted by Gasteiger charge is -2.17. The molecule has 0 bridgehead atoms. The molecule has 2 heterocycles. The molecular weight excluding hydrogens is 264 g/mol. The number of amides is 1. The second kappa shape index (κ2) is 5.60. The van der Waals surface area contributed by atoms with Crippen LogP contribution in [0.5, 0.6) is 0 Å². The molecule has 0 saturated heterocycles. The highest BCUT2D eigenvalue weighted by Gasteiger charge is 2.18. The molecule has 0 atom stereocenters. The third-order valence-corrected chi connectivity index (χ3v) is 3.84. The van der Waals surface area contributed by atoms with Crippen LogP contribution in [0, 0.1) is 0 Å². The molecule has 1 aliphatic rings. The van der Waals surface area contributed by atoms with Crippen LogP contribution in [-0.4, -0.2) is 22.2 Å². The molecular formula is C16H20N4O. The third-order valence-electron chi connectivity index (χ3n) is 3.84. The number of carbonyl (C=O) groups excluding carboxylic acids is 1. The molecule has 0 unspecified atom stereocenters. The van der Waals surface area contributed by atoms with Crippen LogP contribution >= 0.6 is 0 Å². The highest BCUT2D eigenvalue weighted by atomic mass is 16.1. The van der Waals surface area contributed by atoms with Gasteiger partial charge in [0.15, 0.2) is 0 Å². The predicted octanol–water partition coefficient (Wildman–Crippen LogP) is 2.08. The monoisotopic (exact) mass is 284 g/mol. The number of nitrogen functional groups attached to an aromatic ring is 1. The molecule has 1 aromatic carbocycles. The molecule has 0 spiro atoms. The van der Waals surface area contributed by atoms with E-state index >= 15 is 0 Å². The number of carbonyl (C=O) groups is 1. The lowest BCUT2D eigenvalue weighted by Crippen LogP contribution is -2.31. The Morgan fingerprint density at radius 2 is 2.24 bits per heavy atom. The SMILES string of the molecule is CCCCc1cc(N)n(-c2ccc3c(c2)C(=O)NCC3)n1. The molecule has 1 aromatic heterocycles. The summed E-state index contributed by atoms with van der Waals surface area (Å²) in [5, 5.41) is 7.42. The van der Waals surface area contributed by atoms with E-state index in [1.54, 1.807) is 4.68 Å². The molecule has 0 radical (unpaired) electrons. The first kappa shape index (κ1) is 13.7. The van der Waals surface area contributed by atoms with Gasteiger partial charge in [-0.1, -0.05) is 19.4 Å². The molecule has 2 aromatic rings. The van der Waals surface area contributed by atoms with Gasteiger partial charge in [0.1, 0.15) is 5.82 Å². The van der Waals surface area contributed by atoms with Crippen molar-refractivity contribution in [2.24, 2.45) is 0 Å². The molecule has 1 aliphatic heterocycles. The standard InChI is InChI=1S/C16H20N4O/c1-2-3-4-12-9-15(17)20(19-12)13-6-5-11-7-8-18-16(21)14(11)10-13/h5-6,9-10H,2-4,7-8,17H2,1H3,(H,18,21). The highest BCUT2D eigenvalue weighted by Crippen LogP contribution is 2.21. The van der Waals surface area contributed by atoms with E-state index in [0.717, 1.165) is 48.2 Å². The van der Waals surface area contributed by atoms with Gasteiger partial charge in [-0.25, -0.2) is 4.68 Å². The van der Waals surface area contributed by atoms with Crippen LogP contribution in [0.25, 0.3) is 5.69 Å². The summed E-state index contributed by atoms with van der Waals surface area (Å²) in [6.45, 7) is 2.86. The largest absolute Gasteiger partial charge is 0.384 e. The van der Waals surface area contributed by atoms with Crippen LogP contribution in [0.2, 0.25) is 0 Å². The van der Waals surface area contributed by atoms with Crippen molar-refractivity contribution in [1.29, 1.82) is 0 Å². The van der Waals surface area contributed by atoms with Crippen molar-refractivity contribution in [2.75, 3.05) is 12.3 Å². The Balaban J connectivity index is 1.95. The Labute approximate surface area is 124 Å². The summed E-state index contributed by atoms with van der Waals surface area (Å²) in [5.74, 6) is 0.590. The fourth-order valence-corrected chi connectivity index (χ4v) is 2.67. The van der Waals surface area contributed by atoms with Crippen molar-refractivity contribution in [3.63, 3.8) is 0 Å². The molecule has 5 nitrogen and oxygen atoms in total. The van der Waals surface area contributed by atoms with E-state index in [1.807, 2.05) is 24.3 Å². The third kappa shape index (κ3) is 2.63. The zero-order valence-electron chi connectivity index (χ0n) is 12.2. The molecule has 0 fully saturated rings. The topological polar surface area (TPSA) is 72.9 Å². The quantitative estimate of drug-likeness (QED) is 0.903. The van der Waals surface area contributed by atoms with Crippen LogP contribution in [0.3, 0.4) is 0 Å². The van der Waals surface area contributed by atoms with Gasteiger partial charge in [0.25, 0.3) is 5.91 Å². The van der Waals surface area contributed by atoms with Gasteiger partial charge in [0.2, 0.25) is 0 Å². The minimum atomic E-state index is -0.0185. The number of aromatic nitrogens is 2. The van der Waals surface area contributed by atoms with Gasteiger partial charge in [-0.2, -0.15) is 5.10 Å². The maximum Gasteiger partial charge on any atom is 0.251 e. The summed E-state index contributed by atoms with van der Waals surface area (Å²) in [7, 11) is 0. The molecule has 3 N–H and O–H groups in total. The van der Waals surface area contributed by atoms with E-state index in [0.29, 0.717) is 12.4 Å². The molecule has 0 aliphatic carbocycles. The van der Waals surface area contributed by atoms with Crippen LogP contribution in [0.1, 0.15) is 41.4 Å². The van der Waals surface area contributed by atoms with Crippen molar-refractivity contribution in [3.8, 4) is 5.69 Å². The molecule has 3 rings (SSSR count). The minimum absolute atomic E-state index is 0.0185. The Kier molecular flexibility index (Phi) is 3.64. The van der Waals surface area contributed by atoms with E-state index in [9.17, 15) is 4.79 Å². The zero-order chi connectivity index (χ0) is 14.8. The fraction of sp³-hybridized carbons (Fsp3) is 0.375. The highest BCUT2D eigenvalue weighted by molar-refractivity contribution is 5.97. The first-order chi connectivity index (χ1) is 10.2. The zero-order valence-corrected chi connectivity index (χ0v) is 12.2. The Morgan fingerprint density at radius 3 is 3.05 bits per heavy atom. The number of hydrogen-bond donors (Lipinski definition) is 2. The van der Waals surface area contributed by atoms with Gasteiger partial charge in [0, 0.05) is 18.2 Å². The number of hydrogen-bond acceptors (Lipinski definition) is 3. The van der Waals surface area contributed by atoms with Crippen LogP contribution < -0.4 is 11.1 Å². The maximum atomic E-state index is 11.9. The van der Waals surface area contributed by atoms with Gasteiger partial charge in [-0.05, 0) is 37.0 Å². The number of aryl methyl sites for hydroxylation is 1. The van der Waals surface area contributed by atoms with Gasteiger partial charge in [0.05, 0.1) is 11.4 Å². The van der Waals surface area contributed by atoms with Crippen molar-refractivity contribution >= 4 is 11.7 Å². The first-order valence-corrected chi connectivity index (χ1v) is 7.45. The molecule has 21 heavy (non-hydrogen) atoms. The number of anilines is 1. The summed E-state index contributed by atoms with van der Waals surface area (Å²) in [5.41, 5.74) is 9.70. The van der Waals surface area contributed by atoms with E-state index in [2.05, 4.69) is 17.3 Å². The van der Waals surface area contributed by atoms with Gasteiger partial charge >= 0.3 is 0 Å². The Bertz CT molecular complexity index is 675. The van der Waals surface area contributed by atoms with Gasteiger partial charge < -0.3 is 11.1 Å². The van der Waals surface area contributed by atoms with Crippen molar-refractivity contribution < 1.29 is 4.79 Å². The molecule has 5 heteroatoms. The molecule has 0 saturated carbocycles. The number of fused-ring (bicyclic) bond motifs is 1. The summed E-state index contributed by atoms with van der Waals surface area (Å²) < 4.78 is 1.72. The second-order valence-electron chi connectivity index (χ2n) is 5.42. The Hall–Kier alpha value is -2.30. The van der Waals surface area contributed by atoms with Crippen molar-refractivity contribution in [3.05, 3.63) is 41.1 Å². The van der Waals surface area contributed by atoms with Crippen LogP contribution in [0.15, 0.2) is 24.3 Å². The fourth-order valence-electron chi connectivity index (χ4n) is 2.67. The summed E-state index contributed by atoms with van der Waals surface area (Å²) in [6.07, 6.45) is 4.03. The van der Waals surface area contributed by atoms with Crippen LogP contribution in [-0.2, 0) is 12.8 Å². The summed E-state index contributed by atoms with van der Waals surface area (Å²) in [4.78, 5) is 11.9. The van der Waals surface area contributed by atoms with E-state index in [-0.39, 0.29) is 5.91 Å². The number of nitrogens with two attached hydrogens (primary N) is 1. The van der Waals surface area contributed by atoms with Crippen LogP contribution in [0.4, 0.5) is 5.82 Å². The molecule has 110 valence electrons. The number of nitrogens with one attached hydrogen (secondary N) is 1. The minimum Gasteiger partial charge on any atom is -0.384 e. The molecule has 1 amide bonds. The average Bonchev–Trinajstić information content (AvgIpc) is 2.86. The second-order valence-corrected chi connectivity index (χ2v) is 5.42.